The first-order valence-electron chi connectivity index (χ1n) is 4.11. The Balaban J connectivity index is 3.80. The van der Waals surface area contributed by atoms with Crippen LogP contribution in [-0.2, 0) is 9.59 Å². The van der Waals surface area contributed by atoms with Crippen molar-refractivity contribution in [1.29, 1.82) is 0 Å². The van der Waals surface area contributed by atoms with Crippen molar-refractivity contribution in [2.75, 3.05) is 19.3 Å². The van der Waals surface area contributed by atoms with Crippen molar-refractivity contribution in [2.24, 2.45) is 5.73 Å². The highest BCUT2D eigenvalue weighted by molar-refractivity contribution is 7.99. The fourth-order valence-electron chi connectivity index (χ4n) is 0.845. The number of carbonyl (C=O) groups excluding carboxylic acids is 2. The Morgan fingerprint density at radius 1 is 1.54 bits per heavy atom. The second kappa shape index (κ2) is 6.91. The monoisotopic (exact) mass is 204 g/mol. The van der Waals surface area contributed by atoms with E-state index in [-0.39, 0.29) is 23.4 Å². The van der Waals surface area contributed by atoms with Crippen LogP contribution in [0.1, 0.15) is 13.3 Å². The minimum absolute atomic E-state index is 0.0374. The van der Waals surface area contributed by atoms with Crippen LogP contribution in [0.3, 0.4) is 0 Å². The molecule has 0 radical (unpaired) electrons. The van der Waals surface area contributed by atoms with Crippen LogP contribution < -0.4 is 11.1 Å². The summed E-state index contributed by atoms with van der Waals surface area (Å²) in [5, 5.41) is 2.40. The van der Waals surface area contributed by atoms with Crippen molar-refractivity contribution < 1.29 is 9.59 Å². The smallest absolute Gasteiger partial charge is 0.221 e. The number of hydrogen-bond acceptors (Lipinski definition) is 4. The highest BCUT2D eigenvalue weighted by Gasteiger charge is 2.16. The molecule has 0 aliphatic carbocycles. The second-order valence-corrected chi connectivity index (χ2v) is 3.72. The molecule has 3 N–H and O–H groups in total. The van der Waals surface area contributed by atoms with E-state index in [0.717, 1.165) is 0 Å². The van der Waals surface area contributed by atoms with Gasteiger partial charge in [0.25, 0.3) is 0 Å². The molecule has 13 heavy (non-hydrogen) atoms. The topological polar surface area (TPSA) is 72.2 Å². The lowest BCUT2D eigenvalue weighted by atomic mass is 10.2. The van der Waals surface area contributed by atoms with Crippen molar-refractivity contribution in [3.05, 3.63) is 0 Å². The van der Waals surface area contributed by atoms with Gasteiger partial charge in [0.2, 0.25) is 5.91 Å². The summed E-state index contributed by atoms with van der Waals surface area (Å²) >= 11 is 1.40. The standard InChI is InChI=1S/C8H16N2O2S/c1-6(11)7(13-2)5-8(12)10-4-3-9/h7H,3-5,9H2,1-2H3,(H,10,12). The summed E-state index contributed by atoms with van der Waals surface area (Å²) in [5.41, 5.74) is 5.21. The van der Waals surface area contributed by atoms with Crippen LogP contribution in [0.25, 0.3) is 0 Å². The molecule has 1 atom stereocenters. The molecule has 0 fully saturated rings. The van der Waals surface area contributed by atoms with Crippen LogP contribution in [-0.4, -0.2) is 36.3 Å². The number of Topliss-reactive ketones (excluding diaryl/α,β-unsaturated/α-hetero) is 1. The lowest BCUT2D eigenvalue weighted by Crippen LogP contribution is -2.32. The van der Waals surface area contributed by atoms with Crippen LogP contribution in [0.4, 0.5) is 0 Å². The summed E-state index contributed by atoms with van der Waals surface area (Å²) in [5.74, 6) is -0.0737. The predicted molar refractivity (Wildman–Crippen MR) is 54.7 cm³/mol. The maximum Gasteiger partial charge on any atom is 0.221 e. The van der Waals surface area contributed by atoms with Crippen molar-refractivity contribution in [2.45, 2.75) is 18.6 Å². The summed E-state index contributed by atoms with van der Waals surface area (Å²) in [4.78, 5) is 22.1. The van der Waals surface area contributed by atoms with E-state index in [1.807, 2.05) is 6.26 Å². The van der Waals surface area contributed by atoms with E-state index >= 15 is 0 Å². The minimum Gasteiger partial charge on any atom is -0.355 e. The molecule has 0 saturated carbocycles. The molecule has 0 aromatic carbocycles. The highest BCUT2D eigenvalue weighted by Crippen LogP contribution is 2.11. The van der Waals surface area contributed by atoms with E-state index in [4.69, 9.17) is 5.73 Å². The first-order valence-corrected chi connectivity index (χ1v) is 5.40. The second-order valence-electron chi connectivity index (χ2n) is 2.68. The zero-order chi connectivity index (χ0) is 10.3. The highest BCUT2D eigenvalue weighted by atomic mass is 32.2. The molecule has 1 unspecified atom stereocenters. The summed E-state index contributed by atoms with van der Waals surface area (Å²) in [6.07, 6.45) is 2.07. The van der Waals surface area contributed by atoms with Gasteiger partial charge in [-0.3, -0.25) is 9.59 Å². The van der Waals surface area contributed by atoms with Gasteiger partial charge in [-0.05, 0) is 13.2 Å². The average molecular weight is 204 g/mol. The van der Waals surface area contributed by atoms with Gasteiger partial charge in [-0.1, -0.05) is 0 Å². The molecule has 1 amide bonds. The molecule has 5 heteroatoms. The van der Waals surface area contributed by atoms with Gasteiger partial charge >= 0.3 is 0 Å². The number of carbonyl (C=O) groups is 2. The molecule has 0 aliphatic rings. The molecule has 76 valence electrons. The number of rotatable bonds is 6. The Morgan fingerprint density at radius 3 is 2.54 bits per heavy atom. The summed E-state index contributed by atoms with van der Waals surface area (Å²) in [7, 11) is 0. The molecule has 0 saturated heterocycles. The number of amides is 1. The van der Waals surface area contributed by atoms with E-state index in [1.165, 1.54) is 18.7 Å². The predicted octanol–water partition coefficient (Wildman–Crippen LogP) is -0.228. The van der Waals surface area contributed by atoms with E-state index in [9.17, 15) is 9.59 Å². The van der Waals surface area contributed by atoms with Gasteiger partial charge in [0.15, 0.2) is 0 Å². The fourth-order valence-corrected chi connectivity index (χ4v) is 1.50. The van der Waals surface area contributed by atoms with Gasteiger partial charge in [0.05, 0.1) is 5.25 Å². The Bertz CT molecular complexity index is 185. The van der Waals surface area contributed by atoms with E-state index in [2.05, 4.69) is 5.32 Å². The van der Waals surface area contributed by atoms with Gasteiger partial charge in [0.1, 0.15) is 5.78 Å². The number of nitrogens with two attached hydrogens (primary N) is 1. The number of thioether (sulfide) groups is 1. The Hall–Kier alpha value is -0.550. The van der Waals surface area contributed by atoms with E-state index < -0.39 is 0 Å². The van der Waals surface area contributed by atoms with Gasteiger partial charge in [-0.25, -0.2) is 0 Å². The zero-order valence-corrected chi connectivity index (χ0v) is 8.82. The summed E-state index contributed by atoms with van der Waals surface area (Å²) < 4.78 is 0. The molecule has 0 spiro atoms. The molecule has 0 heterocycles. The first kappa shape index (κ1) is 12.4. The minimum atomic E-state index is -0.224. The largest absolute Gasteiger partial charge is 0.355 e. The van der Waals surface area contributed by atoms with E-state index in [1.54, 1.807) is 0 Å². The molecule has 4 nitrogen and oxygen atoms in total. The van der Waals surface area contributed by atoms with E-state index in [0.29, 0.717) is 13.1 Å². The number of nitrogens with one attached hydrogen (secondary N) is 1. The quantitative estimate of drug-likeness (QED) is 0.627. The summed E-state index contributed by atoms with van der Waals surface area (Å²) in [6.45, 7) is 2.39. The number of ketones is 1. The van der Waals surface area contributed by atoms with Crippen LogP contribution in [0.5, 0.6) is 0 Å². The maximum absolute atomic E-state index is 11.1. The third kappa shape index (κ3) is 5.65. The van der Waals surface area contributed by atoms with Crippen molar-refractivity contribution in [3.63, 3.8) is 0 Å². The molecule has 0 rings (SSSR count). The number of hydrogen-bond donors (Lipinski definition) is 2. The van der Waals surface area contributed by atoms with Crippen LogP contribution in [0, 0.1) is 0 Å². The average Bonchev–Trinajstić information content (AvgIpc) is 2.10. The fraction of sp³-hybridized carbons (Fsp3) is 0.750. The van der Waals surface area contributed by atoms with Gasteiger partial charge in [0, 0.05) is 19.5 Å². The van der Waals surface area contributed by atoms with Gasteiger partial charge in [-0.2, -0.15) is 11.8 Å². The van der Waals surface area contributed by atoms with Gasteiger partial charge in [-0.15, -0.1) is 0 Å². The van der Waals surface area contributed by atoms with Crippen LogP contribution in [0.15, 0.2) is 0 Å². The Kier molecular flexibility index (Phi) is 6.62. The maximum atomic E-state index is 11.1. The third-order valence-corrected chi connectivity index (χ3v) is 2.64. The third-order valence-electron chi connectivity index (χ3n) is 1.58. The molecular formula is C8H16N2O2S. The van der Waals surface area contributed by atoms with Crippen molar-refractivity contribution in [1.82, 2.24) is 5.32 Å². The molecular weight excluding hydrogens is 188 g/mol. The molecule has 0 aromatic rings. The lowest BCUT2D eigenvalue weighted by Gasteiger charge is -2.10. The Morgan fingerprint density at radius 2 is 2.15 bits per heavy atom. The normalized spacial score (nSPS) is 12.2. The Labute approximate surface area is 82.6 Å². The van der Waals surface area contributed by atoms with Crippen LogP contribution in [0.2, 0.25) is 0 Å². The van der Waals surface area contributed by atoms with Crippen molar-refractivity contribution >= 4 is 23.5 Å². The SMILES string of the molecule is CSC(CC(=O)NCCN)C(C)=O. The molecule has 0 aromatic heterocycles. The molecule has 0 bridgehead atoms. The summed E-state index contributed by atoms with van der Waals surface area (Å²) in [6, 6.07) is 0. The first-order chi connectivity index (χ1) is 6.11. The van der Waals surface area contributed by atoms with Gasteiger partial charge < -0.3 is 11.1 Å². The molecule has 0 aliphatic heterocycles. The zero-order valence-electron chi connectivity index (χ0n) is 8.00. The lowest BCUT2D eigenvalue weighted by molar-refractivity contribution is -0.124. The van der Waals surface area contributed by atoms with Crippen LogP contribution >= 0.6 is 11.8 Å². The van der Waals surface area contributed by atoms with Crippen molar-refractivity contribution in [3.8, 4) is 0 Å².